The molecule has 388 valence electrons. The summed E-state index contributed by atoms with van der Waals surface area (Å²) in [6.07, 6.45) is -9.40. The van der Waals surface area contributed by atoms with E-state index in [9.17, 15) is 79.8 Å². The standard InChI is InChI=1S/C45H70N6O18/c1-9-31-39(45(67)49-13-30(59)19-55)23(3)38(44(66)48-12-29(58)18-54)26(6)41(31)51(35(63)21-69-8)15-33(61)32(60)14-50(34(62)20-68-7)40-24(4)36(42(64)46-10-27(56)16-52)22(2)37(25(40)5)43(65)47-11-28(57)17-53/h27-30,32-33,52-61H,9-21H2,1-8H3,(H,46,64)(H,47,65)(H,48,66)(H,49,67). The Labute approximate surface area is 399 Å². The number of anilines is 2. The number of nitrogens with zero attached hydrogens (tertiary/aromatic N) is 2. The number of methoxy groups -OCH3 is 2. The molecule has 24 nitrogen and oxygen atoms in total. The zero-order valence-electron chi connectivity index (χ0n) is 40.3. The van der Waals surface area contributed by atoms with Gasteiger partial charge in [-0.25, -0.2) is 0 Å². The van der Waals surface area contributed by atoms with E-state index in [0.717, 1.165) is 9.80 Å². The maximum atomic E-state index is 14.1. The van der Waals surface area contributed by atoms with Crippen LogP contribution in [0.25, 0.3) is 0 Å². The molecule has 6 amide bonds. The molecule has 0 spiro atoms. The monoisotopic (exact) mass is 982 g/mol. The summed E-state index contributed by atoms with van der Waals surface area (Å²) in [5.74, 6) is -5.03. The summed E-state index contributed by atoms with van der Waals surface area (Å²) in [6.45, 7) is 1.54. The minimum Gasteiger partial charge on any atom is -0.394 e. The summed E-state index contributed by atoms with van der Waals surface area (Å²) < 4.78 is 10.3. The van der Waals surface area contributed by atoms with Crippen molar-refractivity contribution in [2.75, 3.05) is 103 Å². The summed E-state index contributed by atoms with van der Waals surface area (Å²) in [4.78, 5) is 85.6. The maximum absolute atomic E-state index is 14.1. The highest BCUT2D eigenvalue weighted by molar-refractivity contribution is 6.10. The molecule has 14 N–H and O–H groups in total. The van der Waals surface area contributed by atoms with Crippen LogP contribution in [0.2, 0.25) is 0 Å². The SMILES string of the molecule is CCc1c(C(=O)NCC(O)CO)c(C)c(C(=O)NCC(O)CO)c(C)c1N(CC(O)C(O)CN(C(=O)COC)c1c(C)c(C(=O)NCC(O)CO)c(C)c(C(=O)NCC(O)CO)c1C)C(=O)COC. The highest BCUT2D eigenvalue weighted by atomic mass is 16.5. The van der Waals surface area contributed by atoms with Crippen molar-refractivity contribution in [3.8, 4) is 0 Å². The van der Waals surface area contributed by atoms with Crippen molar-refractivity contribution >= 4 is 46.8 Å². The van der Waals surface area contributed by atoms with Gasteiger partial charge in [0.15, 0.2) is 0 Å². The Hall–Kier alpha value is -5.22. The number of aliphatic hydroxyl groups is 10. The predicted octanol–water partition coefficient (Wildman–Crippen LogP) is -4.50. The number of amides is 6. The lowest BCUT2D eigenvalue weighted by Gasteiger charge is -2.35. The Balaban J connectivity index is 2.96. The molecule has 0 aliphatic carbocycles. The van der Waals surface area contributed by atoms with Crippen molar-refractivity contribution in [1.82, 2.24) is 21.3 Å². The molecule has 0 aromatic heterocycles. The molecule has 0 saturated carbocycles. The highest BCUT2D eigenvalue weighted by Gasteiger charge is 2.36. The number of hydrogen-bond acceptors (Lipinski definition) is 18. The van der Waals surface area contributed by atoms with Crippen LogP contribution in [0.4, 0.5) is 11.4 Å². The molecule has 6 unspecified atom stereocenters. The third-order valence-corrected chi connectivity index (χ3v) is 11.2. The van der Waals surface area contributed by atoms with E-state index in [0.29, 0.717) is 0 Å². The second-order valence-electron chi connectivity index (χ2n) is 16.3. The molecule has 2 rings (SSSR count). The van der Waals surface area contributed by atoms with Gasteiger partial charge >= 0.3 is 0 Å². The van der Waals surface area contributed by atoms with Gasteiger partial charge in [0, 0.05) is 62.7 Å². The smallest absolute Gasteiger partial charge is 0.253 e. The summed E-state index contributed by atoms with van der Waals surface area (Å²) in [5, 5.41) is 111. The van der Waals surface area contributed by atoms with Crippen molar-refractivity contribution in [2.24, 2.45) is 0 Å². The second-order valence-corrected chi connectivity index (χ2v) is 16.3. The quantitative estimate of drug-likeness (QED) is 0.0382. The lowest BCUT2D eigenvalue weighted by atomic mass is 9.87. The Morgan fingerprint density at radius 2 is 0.739 bits per heavy atom. The number of rotatable bonds is 28. The average Bonchev–Trinajstić information content (AvgIpc) is 3.31. The van der Waals surface area contributed by atoms with Crippen LogP contribution in [0.5, 0.6) is 0 Å². The van der Waals surface area contributed by atoms with Gasteiger partial charge in [-0.2, -0.15) is 0 Å². The number of benzene rings is 2. The molecule has 0 aliphatic heterocycles. The first-order valence-corrected chi connectivity index (χ1v) is 22.1. The first-order chi connectivity index (χ1) is 32.5. The van der Waals surface area contributed by atoms with Crippen LogP contribution in [0.1, 0.15) is 81.7 Å². The van der Waals surface area contributed by atoms with E-state index in [1.807, 2.05) is 0 Å². The third kappa shape index (κ3) is 15.4. The molecule has 0 aliphatic rings. The van der Waals surface area contributed by atoms with Gasteiger partial charge in [0.1, 0.15) is 13.2 Å². The molecule has 0 radical (unpaired) electrons. The van der Waals surface area contributed by atoms with Crippen molar-refractivity contribution in [1.29, 1.82) is 0 Å². The number of carbonyl (C=O) groups is 6. The zero-order chi connectivity index (χ0) is 52.4. The van der Waals surface area contributed by atoms with Crippen LogP contribution >= 0.6 is 0 Å². The first-order valence-electron chi connectivity index (χ1n) is 22.1. The van der Waals surface area contributed by atoms with E-state index in [4.69, 9.17) is 9.47 Å². The minimum atomic E-state index is -1.97. The van der Waals surface area contributed by atoms with Crippen molar-refractivity contribution in [2.45, 2.75) is 84.6 Å². The summed E-state index contributed by atoms with van der Waals surface area (Å²) in [6, 6.07) is 0. The fourth-order valence-electron chi connectivity index (χ4n) is 7.85. The molecule has 2 aromatic carbocycles. The summed E-state index contributed by atoms with van der Waals surface area (Å²) in [7, 11) is 2.41. The first kappa shape index (κ1) is 59.9. The van der Waals surface area contributed by atoms with Crippen LogP contribution in [-0.2, 0) is 25.5 Å². The molecule has 0 saturated heterocycles. The fraction of sp³-hybridized carbons (Fsp3) is 0.600. The van der Waals surface area contributed by atoms with E-state index in [2.05, 4.69) is 21.3 Å². The van der Waals surface area contributed by atoms with Gasteiger partial charge in [-0.05, 0) is 74.4 Å². The van der Waals surface area contributed by atoms with Crippen molar-refractivity contribution in [3.63, 3.8) is 0 Å². The molecule has 0 bridgehead atoms. The van der Waals surface area contributed by atoms with Crippen LogP contribution in [0, 0.1) is 34.6 Å². The number of aliphatic hydroxyl groups excluding tert-OH is 10. The second kappa shape index (κ2) is 28.4. The Bertz CT molecular complexity index is 2070. The van der Waals surface area contributed by atoms with Crippen molar-refractivity contribution < 1.29 is 89.3 Å². The molecular formula is C45H70N6O18. The zero-order valence-corrected chi connectivity index (χ0v) is 40.3. The lowest BCUT2D eigenvalue weighted by Crippen LogP contribution is -2.50. The normalized spacial score (nSPS) is 13.9. The summed E-state index contributed by atoms with van der Waals surface area (Å²) >= 11 is 0. The van der Waals surface area contributed by atoms with Gasteiger partial charge in [0.25, 0.3) is 35.4 Å². The number of nitrogens with one attached hydrogen (secondary N) is 4. The van der Waals surface area contributed by atoms with Gasteiger partial charge in [0.2, 0.25) is 0 Å². The predicted molar refractivity (Wildman–Crippen MR) is 248 cm³/mol. The summed E-state index contributed by atoms with van der Waals surface area (Å²) in [5.41, 5.74) is -0.166. The minimum absolute atomic E-state index is 0.0118. The Morgan fingerprint density at radius 1 is 0.464 bits per heavy atom. The van der Waals surface area contributed by atoms with Crippen molar-refractivity contribution in [3.05, 3.63) is 55.6 Å². The Kier molecular flexibility index (Phi) is 24.7. The van der Waals surface area contributed by atoms with Crippen LogP contribution in [0.3, 0.4) is 0 Å². The molecule has 0 heterocycles. The van der Waals surface area contributed by atoms with E-state index < -0.39 is 151 Å². The third-order valence-electron chi connectivity index (χ3n) is 11.2. The van der Waals surface area contributed by atoms with Gasteiger partial charge in [0.05, 0.1) is 87.5 Å². The fourth-order valence-corrected chi connectivity index (χ4v) is 7.85. The molecule has 0 fully saturated rings. The van der Waals surface area contributed by atoms with E-state index in [1.165, 1.54) is 48.8 Å². The topological polar surface area (TPSA) is 378 Å². The largest absolute Gasteiger partial charge is 0.394 e. The van der Waals surface area contributed by atoms with E-state index in [1.54, 1.807) is 6.92 Å². The van der Waals surface area contributed by atoms with E-state index >= 15 is 0 Å². The van der Waals surface area contributed by atoms with Gasteiger partial charge < -0.3 is 91.6 Å². The van der Waals surface area contributed by atoms with Gasteiger partial charge in [-0.1, -0.05) is 6.92 Å². The number of hydrogen-bond donors (Lipinski definition) is 14. The van der Waals surface area contributed by atoms with Crippen LogP contribution < -0.4 is 31.1 Å². The molecule has 69 heavy (non-hydrogen) atoms. The lowest BCUT2D eigenvalue weighted by molar-refractivity contribution is -0.124. The number of ether oxygens (including phenoxy) is 2. The van der Waals surface area contributed by atoms with Gasteiger partial charge in [-0.15, -0.1) is 0 Å². The average molecular weight is 983 g/mol. The van der Waals surface area contributed by atoms with Crippen LogP contribution in [-0.4, -0.2) is 216 Å². The van der Waals surface area contributed by atoms with Gasteiger partial charge in [-0.3, -0.25) is 28.8 Å². The molecule has 2 aromatic rings. The molecule has 24 heteroatoms. The van der Waals surface area contributed by atoms with E-state index in [-0.39, 0.29) is 73.4 Å². The maximum Gasteiger partial charge on any atom is 0.253 e. The van der Waals surface area contributed by atoms with Crippen LogP contribution in [0.15, 0.2) is 0 Å². The molecular weight excluding hydrogens is 913 g/mol. The highest BCUT2D eigenvalue weighted by Crippen LogP contribution is 2.37. The number of carbonyl (C=O) groups excluding carboxylic acids is 6. The molecule has 6 atom stereocenters. The Morgan fingerprint density at radius 3 is 1.03 bits per heavy atom.